The molecule has 0 saturated heterocycles. The number of nitrogens with zero attached hydrogens (tertiary/aromatic N) is 1. The molecule has 0 aromatic heterocycles. The number of anilines is 1. The maximum Gasteiger partial charge on any atom is 0.310 e. The molecule has 1 rings (SSSR count). The molecule has 0 bridgehead atoms. The maximum absolute atomic E-state index is 11.6. The molecule has 0 aliphatic carbocycles. The predicted molar refractivity (Wildman–Crippen MR) is 75.6 cm³/mol. The molecule has 0 amide bonds. The molecule has 0 aliphatic rings. The molecule has 1 aromatic rings. The van der Waals surface area contributed by atoms with E-state index in [1.165, 1.54) is 18.2 Å². The largest absolute Gasteiger partial charge is 0.393 e. The monoisotopic (exact) mass is 302 g/mol. The predicted octanol–water partition coefficient (Wildman–Crippen LogP) is 1.57. The standard InChI is InChI=1S/C12H18N2O5S/c1-9(15)5-4-8-13-10-6-3-7-11(20(2,18)19)12(10)14(16)17/h3,6-7,9,13,15H,4-5,8H2,1-2H3. The van der Waals surface area contributed by atoms with Crippen molar-refractivity contribution in [2.24, 2.45) is 0 Å². The van der Waals surface area contributed by atoms with Gasteiger partial charge < -0.3 is 10.4 Å². The Bertz CT molecular complexity index is 584. The molecule has 1 aromatic carbocycles. The van der Waals surface area contributed by atoms with Crippen molar-refractivity contribution in [3.05, 3.63) is 28.3 Å². The van der Waals surface area contributed by atoms with Crippen molar-refractivity contribution in [2.75, 3.05) is 18.1 Å². The van der Waals surface area contributed by atoms with Crippen LogP contribution in [0.5, 0.6) is 0 Å². The molecular formula is C12H18N2O5S. The van der Waals surface area contributed by atoms with Crippen LogP contribution in [0, 0.1) is 10.1 Å². The molecule has 0 spiro atoms. The molecule has 0 radical (unpaired) electrons. The third kappa shape index (κ3) is 4.46. The molecule has 1 unspecified atom stereocenters. The molecule has 2 N–H and O–H groups in total. The van der Waals surface area contributed by atoms with Crippen LogP contribution in [0.15, 0.2) is 23.1 Å². The van der Waals surface area contributed by atoms with Gasteiger partial charge >= 0.3 is 5.69 Å². The Hall–Kier alpha value is -1.67. The minimum atomic E-state index is -3.67. The van der Waals surface area contributed by atoms with Crippen molar-refractivity contribution in [1.29, 1.82) is 0 Å². The molecule has 0 aliphatic heterocycles. The molecule has 7 nitrogen and oxygen atoms in total. The van der Waals surface area contributed by atoms with Crippen LogP contribution < -0.4 is 5.32 Å². The zero-order chi connectivity index (χ0) is 15.3. The summed E-state index contributed by atoms with van der Waals surface area (Å²) in [5.41, 5.74) is -0.268. The van der Waals surface area contributed by atoms with Gasteiger partial charge in [0, 0.05) is 12.8 Å². The average molecular weight is 302 g/mol. The van der Waals surface area contributed by atoms with Crippen LogP contribution in [0.4, 0.5) is 11.4 Å². The first-order valence-corrected chi connectivity index (χ1v) is 8.02. The SMILES string of the molecule is CC(O)CCCNc1cccc(S(C)(=O)=O)c1[N+](=O)[O-]. The van der Waals surface area contributed by atoms with Gasteiger partial charge in [0.15, 0.2) is 9.84 Å². The van der Waals surface area contributed by atoms with Crippen molar-refractivity contribution in [2.45, 2.75) is 30.8 Å². The van der Waals surface area contributed by atoms with E-state index in [2.05, 4.69) is 5.32 Å². The topological polar surface area (TPSA) is 110 Å². The van der Waals surface area contributed by atoms with Crippen LogP contribution in [0.1, 0.15) is 19.8 Å². The van der Waals surface area contributed by atoms with Crippen molar-refractivity contribution in [1.82, 2.24) is 0 Å². The van der Waals surface area contributed by atoms with Gasteiger partial charge in [0.05, 0.1) is 11.0 Å². The maximum atomic E-state index is 11.6. The van der Waals surface area contributed by atoms with Gasteiger partial charge in [0.1, 0.15) is 10.6 Å². The first kappa shape index (κ1) is 16.4. The van der Waals surface area contributed by atoms with E-state index in [0.29, 0.717) is 19.4 Å². The van der Waals surface area contributed by atoms with Crippen molar-refractivity contribution in [3.8, 4) is 0 Å². The first-order chi connectivity index (χ1) is 9.23. The summed E-state index contributed by atoms with van der Waals surface area (Å²) < 4.78 is 23.1. The van der Waals surface area contributed by atoms with Crippen molar-refractivity contribution < 1.29 is 18.4 Å². The summed E-state index contributed by atoms with van der Waals surface area (Å²) in [5.74, 6) is 0. The van der Waals surface area contributed by atoms with E-state index >= 15 is 0 Å². The quantitative estimate of drug-likeness (QED) is 0.449. The van der Waals surface area contributed by atoms with Gasteiger partial charge in [-0.1, -0.05) is 6.07 Å². The lowest BCUT2D eigenvalue weighted by Crippen LogP contribution is -2.10. The normalized spacial score (nSPS) is 12.9. The minimum Gasteiger partial charge on any atom is -0.393 e. The van der Waals surface area contributed by atoms with Crippen LogP contribution in [-0.2, 0) is 9.84 Å². The summed E-state index contributed by atoms with van der Waals surface area (Å²) in [6.45, 7) is 2.08. The zero-order valence-electron chi connectivity index (χ0n) is 11.4. The Morgan fingerprint density at radius 3 is 2.60 bits per heavy atom. The summed E-state index contributed by atoms with van der Waals surface area (Å²) in [5, 5.41) is 23.1. The van der Waals surface area contributed by atoms with Crippen LogP contribution in [-0.4, -0.2) is 37.4 Å². The van der Waals surface area contributed by atoms with E-state index in [0.717, 1.165) is 6.26 Å². The van der Waals surface area contributed by atoms with E-state index in [-0.39, 0.29) is 10.6 Å². The number of hydrogen-bond donors (Lipinski definition) is 2. The van der Waals surface area contributed by atoms with Crippen molar-refractivity contribution in [3.63, 3.8) is 0 Å². The third-order valence-corrected chi connectivity index (χ3v) is 3.82. The highest BCUT2D eigenvalue weighted by molar-refractivity contribution is 7.90. The summed E-state index contributed by atoms with van der Waals surface area (Å²) >= 11 is 0. The smallest absolute Gasteiger partial charge is 0.310 e. The zero-order valence-corrected chi connectivity index (χ0v) is 12.2. The molecule has 0 heterocycles. The first-order valence-electron chi connectivity index (χ1n) is 6.13. The Morgan fingerprint density at radius 2 is 2.10 bits per heavy atom. The van der Waals surface area contributed by atoms with E-state index in [1.54, 1.807) is 6.92 Å². The number of nitro groups is 1. The number of sulfone groups is 1. The molecule has 0 saturated carbocycles. The van der Waals surface area contributed by atoms with Gasteiger partial charge in [-0.2, -0.15) is 0 Å². The number of aliphatic hydroxyl groups is 1. The Kier molecular flexibility index (Phi) is 5.46. The highest BCUT2D eigenvalue weighted by Crippen LogP contribution is 2.31. The fourth-order valence-electron chi connectivity index (χ4n) is 1.77. The van der Waals surface area contributed by atoms with Crippen molar-refractivity contribution >= 4 is 21.2 Å². The molecule has 20 heavy (non-hydrogen) atoms. The Morgan fingerprint density at radius 1 is 1.45 bits per heavy atom. The van der Waals surface area contributed by atoms with Crippen LogP contribution in [0.25, 0.3) is 0 Å². The van der Waals surface area contributed by atoms with E-state index in [9.17, 15) is 18.5 Å². The highest BCUT2D eigenvalue weighted by atomic mass is 32.2. The van der Waals surface area contributed by atoms with Gasteiger partial charge in [-0.15, -0.1) is 0 Å². The second kappa shape index (κ2) is 6.67. The van der Waals surface area contributed by atoms with Gasteiger partial charge in [-0.05, 0) is 31.9 Å². The van der Waals surface area contributed by atoms with E-state index in [4.69, 9.17) is 5.11 Å². The van der Waals surface area contributed by atoms with Crippen LogP contribution in [0.2, 0.25) is 0 Å². The van der Waals surface area contributed by atoms with Crippen LogP contribution >= 0.6 is 0 Å². The molecule has 8 heteroatoms. The summed E-state index contributed by atoms with van der Waals surface area (Å²) in [4.78, 5) is 10.1. The van der Waals surface area contributed by atoms with Crippen LogP contribution in [0.3, 0.4) is 0 Å². The fraction of sp³-hybridized carbons (Fsp3) is 0.500. The summed E-state index contributed by atoms with van der Waals surface area (Å²) in [6, 6.07) is 4.14. The lowest BCUT2D eigenvalue weighted by atomic mass is 10.2. The number of rotatable bonds is 7. The average Bonchev–Trinajstić information content (AvgIpc) is 2.32. The second-order valence-electron chi connectivity index (χ2n) is 4.60. The number of nitro benzene ring substituents is 1. The number of para-hydroxylation sites is 1. The number of benzene rings is 1. The fourth-order valence-corrected chi connectivity index (χ4v) is 2.63. The lowest BCUT2D eigenvalue weighted by molar-refractivity contribution is -0.386. The van der Waals surface area contributed by atoms with E-state index < -0.39 is 26.6 Å². The number of nitrogens with one attached hydrogen (secondary N) is 1. The molecule has 0 fully saturated rings. The second-order valence-corrected chi connectivity index (χ2v) is 6.58. The number of aliphatic hydroxyl groups excluding tert-OH is 1. The van der Waals surface area contributed by atoms with Gasteiger partial charge in [-0.25, -0.2) is 8.42 Å². The Balaban J connectivity index is 2.99. The highest BCUT2D eigenvalue weighted by Gasteiger charge is 2.25. The molecule has 112 valence electrons. The molecule has 1 atom stereocenters. The molecular weight excluding hydrogens is 284 g/mol. The van der Waals surface area contributed by atoms with Gasteiger partial charge in [0.2, 0.25) is 0 Å². The van der Waals surface area contributed by atoms with Gasteiger partial charge in [-0.3, -0.25) is 10.1 Å². The summed E-state index contributed by atoms with van der Waals surface area (Å²) in [7, 11) is -3.67. The van der Waals surface area contributed by atoms with Gasteiger partial charge in [0.25, 0.3) is 0 Å². The van der Waals surface area contributed by atoms with E-state index in [1.807, 2.05) is 0 Å². The lowest BCUT2D eigenvalue weighted by Gasteiger charge is -2.10. The third-order valence-electron chi connectivity index (χ3n) is 2.70. The number of hydrogen-bond acceptors (Lipinski definition) is 6. The Labute approximate surface area is 117 Å². The minimum absolute atomic E-state index is 0.170. The summed E-state index contributed by atoms with van der Waals surface area (Å²) in [6.07, 6.45) is 1.69.